The van der Waals surface area contributed by atoms with Gasteiger partial charge in [0.2, 0.25) is 0 Å². The summed E-state index contributed by atoms with van der Waals surface area (Å²) in [5.74, 6) is 0.0821. The molecule has 1 fully saturated rings. The Morgan fingerprint density at radius 3 is 3.10 bits per heavy atom. The number of aromatic amines is 1. The zero-order valence-corrected chi connectivity index (χ0v) is 12.5. The fraction of sp³-hybridized carbons (Fsp3) is 0.429. The molecular weight excluding hydrogens is 288 g/mol. The number of piperidine rings is 1. The van der Waals surface area contributed by atoms with Gasteiger partial charge in [-0.15, -0.1) is 11.3 Å². The van der Waals surface area contributed by atoms with Gasteiger partial charge in [0.1, 0.15) is 5.69 Å². The Bertz CT molecular complexity index is 709. The third-order valence-corrected chi connectivity index (χ3v) is 4.44. The van der Waals surface area contributed by atoms with Crippen LogP contribution in [0.2, 0.25) is 0 Å². The molecule has 21 heavy (non-hydrogen) atoms. The molecule has 2 aromatic heterocycles. The maximum Gasteiger partial charge on any atom is 0.273 e. The molecule has 1 aliphatic rings. The normalized spacial score (nSPS) is 18.7. The minimum absolute atomic E-state index is 0.0334. The smallest absolute Gasteiger partial charge is 0.273 e. The van der Waals surface area contributed by atoms with E-state index >= 15 is 0 Å². The quantitative estimate of drug-likeness (QED) is 0.913. The highest BCUT2D eigenvalue weighted by Crippen LogP contribution is 2.25. The second kappa shape index (κ2) is 5.77. The van der Waals surface area contributed by atoms with Gasteiger partial charge in [-0.2, -0.15) is 0 Å². The van der Waals surface area contributed by atoms with Crippen LogP contribution in [0.15, 0.2) is 22.6 Å². The van der Waals surface area contributed by atoms with Crippen molar-refractivity contribution in [2.75, 3.05) is 13.1 Å². The lowest BCUT2D eigenvalue weighted by Gasteiger charge is -2.31. The maximum absolute atomic E-state index is 12.4. The lowest BCUT2D eigenvalue weighted by atomic mass is 9.94. The van der Waals surface area contributed by atoms with Gasteiger partial charge in [-0.3, -0.25) is 9.59 Å². The number of hydrogen-bond acceptors (Lipinski definition) is 5. The summed E-state index contributed by atoms with van der Waals surface area (Å²) in [6.45, 7) is 3.21. The first-order valence-electron chi connectivity index (χ1n) is 6.89. The maximum atomic E-state index is 12.4. The molecule has 110 valence electrons. The minimum Gasteiger partial charge on any atom is -0.337 e. The van der Waals surface area contributed by atoms with Crippen LogP contribution >= 0.6 is 11.3 Å². The molecule has 7 heteroatoms. The number of nitrogens with one attached hydrogen (secondary N) is 1. The first-order valence-corrected chi connectivity index (χ1v) is 7.77. The first-order chi connectivity index (χ1) is 10.1. The number of carbonyl (C=O) groups is 1. The van der Waals surface area contributed by atoms with Gasteiger partial charge < -0.3 is 9.88 Å². The molecule has 1 atom stereocenters. The highest BCUT2D eigenvalue weighted by atomic mass is 32.1. The van der Waals surface area contributed by atoms with Crippen LogP contribution in [0.25, 0.3) is 0 Å². The number of nitrogens with zero attached hydrogens (tertiary/aromatic N) is 3. The molecule has 6 nitrogen and oxygen atoms in total. The van der Waals surface area contributed by atoms with Crippen molar-refractivity contribution in [3.05, 3.63) is 44.5 Å². The van der Waals surface area contributed by atoms with Crippen LogP contribution in [0.1, 0.15) is 39.9 Å². The number of thiazole rings is 1. The molecule has 0 radical (unpaired) electrons. The number of H-pyrrole nitrogens is 1. The second-order valence-corrected chi connectivity index (χ2v) is 6.24. The average molecular weight is 304 g/mol. The van der Waals surface area contributed by atoms with Crippen LogP contribution in [0.4, 0.5) is 0 Å². The summed E-state index contributed by atoms with van der Waals surface area (Å²) in [7, 11) is 0. The van der Waals surface area contributed by atoms with Crippen LogP contribution < -0.4 is 5.56 Å². The lowest BCUT2D eigenvalue weighted by Crippen LogP contribution is -2.39. The molecule has 2 aromatic rings. The van der Waals surface area contributed by atoms with Gasteiger partial charge in [0.05, 0.1) is 17.0 Å². The number of aromatic nitrogens is 3. The number of rotatable bonds is 2. The van der Waals surface area contributed by atoms with E-state index in [9.17, 15) is 9.59 Å². The van der Waals surface area contributed by atoms with E-state index < -0.39 is 0 Å². The number of aryl methyl sites for hydroxylation is 1. The van der Waals surface area contributed by atoms with Gasteiger partial charge in [-0.1, -0.05) is 0 Å². The fourth-order valence-corrected chi connectivity index (χ4v) is 3.22. The third-order valence-electron chi connectivity index (χ3n) is 3.66. The van der Waals surface area contributed by atoms with Crippen molar-refractivity contribution in [3.63, 3.8) is 0 Å². The third kappa shape index (κ3) is 3.02. The van der Waals surface area contributed by atoms with Crippen LogP contribution in [0.3, 0.4) is 0 Å². The van der Waals surface area contributed by atoms with Gasteiger partial charge in [0.15, 0.2) is 0 Å². The monoisotopic (exact) mass is 304 g/mol. The Balaban J connectivity index is 1.77. The van der Waals surface area contributed by atoms with E-state index in [-0.39, 0.29) is 17.4 Å². The van der Waals surface area contributed by atoms with Crippen molar-refractivity contribution in [2.24, 2.45) is 0 Å². The molecule has 1 amide bonds. The molecule has 1 N–H and O–H groups in total. The van der Waals surface area contributed by atoms with E-state index in [0.29, 0.717) is 12.2 Å². The number of carbonyl (C=O) groups excluding carboxylic acids is 1. The molecule has 0 aromatic carbocycles. The molecule has 1 saturated heterocycles. The molecule has 0 spiro atoms. The van der Waals surface area contributed by atoms with Crippen molar-refractivity contribution < 1.29 is 4.79 Å². The van der Waals surface area contributed by atoms with Gasteiger partial charge >= 0.3 is 0 Å². The van der Waals surface area contributed by atoms with Crippen LogP contribution in [-0.2, 0) is 0 Å². The summed E-state index contributed by atoms with van der Waals surface area (Å²) in [5.41, 5.74) is 1.11. The van der Waals surface area contributed by atoms with E-state index in [4.69, 9.17) is 0 Å². The van der Waals surface area contributed by atoms with Crippen molar-refractivity contribution in [3.8, 4) is 0 Å². The minimum atomic E-state index is -0.154. The van der Waals surface area contributed by atoms with Gasteiger partial charge in [-0.05, 0) is 19.8 Å². The zero-order valence-electron chi connectivity index (χ0n) is 11.7. The topological polar surface area (TPSA) is 79.0 Å². The summed E-state index contributed by atoms with van der Waals surface area (Å²) in [6, 6.07) is 1.52. The summed E-state index contributed by atoms with van der Waals surface area (Å²) >= 11 is 1.48. The van der Waals surface area contributed by atoms with E-state index in [0.717, 1.165) is 30.1 Å². The zero-order chi connectivity index (χ0) is 14.8. The average Bonchev–Trinajstić information content (AvgIpc) is 2.93. The second-order valence-electron chi connectivity index (χ2n) is 5.18. The van der Waals surface area contributed by atoms with E-state index in [1.807, 2.05) is 11.8 Å². The standard InChI is InChI=1S/C14H16N4O2S/c1-9-17-12(7-21-9)14(20)18-4-2-3-10(6-18)11-5-13(19)16-8-15-11/h5,7-8,10H,2-4,6H2,1H3,(H,15,16,19)/t10-/m0/s1. The predicted octanol–water partition coefficient (Wildman–Crippen LogP) is 1.55. The molecule has 3 heterocycles. The highest BCUT2D eigenvalue weighted by Gasteiger charge is 2.27. The van der Waals surface area contributed by atoms with Crippen molar-refractivity contribution in [1.82, 2.24) is 19.9 Å². The summed E-state index contributed by atoms with van der Waals surface area (Å²) < 4.78 is 0. The van der Waals surface area contributed by atoms with Gasteiger partial charge in [0.25, 0.3) is 11.5 Å². The number of amides is 1. The Hall–Kier alpha value is -2.02. The Morgan fingerprint density at radius 1 is 1.52 bits per heavy atom. The molecular formula is C14H16N4O2S. The van der Waals surface area contributed by atoms with Gasteiger partial charge in [0, 0.05) is 30.5 Å². The number of hydrogen-bond donors (Lipinski definition) is 1. The first kappa shape index (κ1) is 13.9. The van der Waals surface area contributed by atoms with E-state index in [1.165, 1.54) is 23.7 Å². The summed E-state index contributed by atoms with van der Waals surface area (Å²) in [4.78, 5) is 36.6. The summed E-state index contributed by atoms with van der Waals surface area (Å²) in [5, 5.41) is 2.69. The van der Waals surface area contributed by atoms with Crippen molar-refractivity contribution >= 4 is 17.2 Å². The Labute approximate surface area is 125 Å². The van der Waals surface area contributed by atoms with Crippen molar-refractivity contribution in [1.29, 1.82) is 0 Å². The highest BCUT2D eigenvalue weighted by molar-refractivity contribution is 7.09. The molecule has 0 bridgehead atoms. The number of likely N-dealkylation sites (tertiary alicyclic amines) is 1. The molecule has 0 unspecified atom stereocenters. The predicted molar refractivity (Wildman–Crippen MR) is 79.6 cm³/mol. The van der Waals surface area contributed by atoms with Crippen LogP contribution in [-0.4, -0.2) is 38.8 Å². The lowest BCUT2D eigenvalue weighted by molar-refractivity contribution is 0.0700. The molecule has 3 rings (SSSR count). The van der Waals surface area contributed by atoms with E-state index in [2.05, 4.69) is 15.0 Å². The largest absolute Gasteiger partial charge is 0.337 e. The summed E-state index contributed by atoms with van der Waals surface area (Å²) in [6.07, 6.45) is 3.27. The SMILES string of the molecule is Cc1nc(C(=O)N2CCC[C@H](c3cc(=O)[nH]cn3)C2)cs1. The molecule has 0 aliphatic carbocycles. The fourth-order valence-electron chi connectivity index (χ4n) is 2.63. The van der Waals surface area contributed by atoms with Crippen LogP contribution in [0.5, 0.6) is 0 Å². The van der Waals surface area contributed by atoms with Crippen LogP contribution in [0, 0.1) is 6.92 Å². The Kier molecular flexibility index (Phi) is 3.83. The van der Waals surface area contributed by atoms with Gasteiger partial charge in [-0.25, -0.2) is 9.97 Å². The van der Waals surface area contributed by atoms with Crippen molar-refractivity contribution in [2.45, 2.75) is 25.7 Å². The Morgan fingerprint density at radius 2 is 2.38 bits per heavy atom. The van der Waals surface area contributed by atoms with E-state index in [1.54, 1.807) is 5.38 Å². The molecule has 0 saturated carbocycles. The molecule has 1 aliphatic heterocycles.